The van der Waals surface area contributed by atoms with E-state index in [-0.39, 0.29) is 24.5 Å². The molecule has 0 spiro atoms. The van der Waals surface area contributed by atoms with Gasteiger partial charge in [-0.05, 0) is 13.3 Å². The Labute approximate surface area is 290 Å². The van der Waals surface area contributed by atoms with Crippen molar-refractivity contribution in [3.63, 3.8) is 0 Å². The number of aromatic nitrogens is 6. The predicted molar refractivity (Wildman–Crippen MR) is 175 cm³/mol. The molecule has 2 aliphatic heterocycles. The van der Waals surface area contributed by atoms with Gasteiger partial charge in [0.2, 0.25) is 0 Å². The van der Waals surface area contributed by atoms with Crippen LogP contribution in [0, 0.1) is 17.5 Å². The predicted octanol–water partition coefficient (Wildman–Crippen LogP) is 0.187. The van der Waals surface area contributed by atoms with Crippen molar-refractivity contribution in [1.29, 1.82) is 0 Å². The summed E-state index contributed by atoms with van der Waals surface area (Å²) in [5.41, 5.74) is 7.72. The number of aromatic amines is 1. The van der Waals surface area contributed by atoms with Crippen LogP contribution in [0.2, 0.25) is 0 Å². The second-order valence-electron chi connectivity index (χ2n) is 10.8. The third kappa shape index (κ3) is 11.5. The molecule has 23 heteroatoms. The number of halogens is 3. The Morgan fingerprint density at radius 1 is 1.06 bits per heavy atom. The van der Waals surface area contributed by atoms with Gasteiger partial charge in [0.25, 0.3) is 0 Å². The fourth-order valence-corrected chi connectivity index (χ4v) is 5.42. The number of thioether (sulfide) groups is 1. The number of H-pyrrole nitrogens is 1. The van der Waals surface area contributed by atoms with Crippen LogP contribution in [0.25, 0.3) is 0 Å². The van der Waals surface area contributed by atoms with Gasteiger partial charge in [0, 0.05) is 18.8 Å². The van der Waals surface area contributed by atoms with E-state index in [4.69, 9.17) is 30.8 Å². The van der Waals surface area contributed by atoms with Crippen LogP contribution in [0.4, 0.5) is 35.4 Å². The molecule has 2 fully saturated rings. The van der Waals surface area contributed by atoms with Gasteiger partial charge in [-0.2, -0.15) is 15.0 Å². The van der Waals surface area contributed by atoms with Crippen LogP contribution >= 0.6 is 11.8 Å². The molecule has 1 unspecified atom stereocenters. The largest absolute Gasteiger partial charge is 0.449 e. The van der Waals surface area contributed by atoms with Crippen molar-refractivity contribution < 1.29 is 47.5 Å². The van der Waals surface area contributed by atoms with Gasteiger partial charge >= 0.3 is 23.2 Å². The molecular weight excluding hydrogens is 711 g/mol. The maximum absolute atomic E-state index is 14.1. The number of nitrogens with zero attached hydrogens (tertiary/aromatic N) is 5. The van der Waals surface area contributed by atoms with Crippen LogP contribution < -0.4 is 33.9 Å². The fourth-order valence-electron chi connectivity index (χ4n) is 4.32. The molecule has 3 aromatic rings. The van der Waals surface area contributed by atoms with Crippen molar-refractivity contribution in [3.05, 3.63) is 67.5 Å². The van der Waals surface area contributed by atoms with Crippen molar-refractivity contribution in [2.75, 3.05) is 35.8 Å². The zero-order chi connectivity index (χ0) is 37.8. The summed E-state index contributed by atoms with van der Waals surface area (Å²) in [7, 11) is 0. The van der Waals surface area contributed by atoms with Crippen LogP contribution in [-0.2, 0) is 14.2 Å². The zero-order valence-electron chi connectivity index (χ0n) is 27.3. The molecule has 0 radical (unpaired) electrons. The Morgan fingerprint density at radius 3 is 2.35 bits per heavy atom. The number of unbranched alkanes of at least 4 members (excludes halogenated alkanes) is 2. The van der Waals surface area contributed by atoms with Crippen LogP contribution in [-0.4, -0.2) is 93.2 Å². The smallest absolute Gasteiger partial charge is 0.412 e. The van der Waals surface area contributed by atoms with Gasteiger partial charge < -0.3 is 41.0 Å². The van der Waals surface area contributed by atoms with E-state index in [0.717, 1.165) is 40.6 Å². The van der Waals surface area contributed by atoms with Gasteiger partial charge in [0.05, 0.1) is 31.3 Å². The molecule has 0 aromatic carbocycles. The Balaban J connectivity index is 0.000000231. The molecule has 5 rings (SSSR count). The lowest BCUT2D eigenvalue weighted by Crippen LogP contribution is -2.36. The van der Waals surface area contributed by atoms with E-state index >= 15 is 0 Å². The number of aliphatic hydroxyl groups is 3. The molecule has 2 saturated heterocycles. The second kappa shape index (κ2) is 19.2. The summed E-state index contributed by atoms with van der Waals surface area (Å²) in [5.74, 6) is -3.23. The highest BCUT2D eigenvalue weighted by Gasteiger charge is 2.42. The third-order valence-corrected chi connectivity index (χ3v) is 8.19. The van der Waals surface area contributed by atoms with Crippen LogP contribution in [0.3, 0.4) is 0 Å². The first-order valence-corrected chi connectivity index (χ1v) is 16.4. The fraction of sp³-hybridized carbons (Fsp3) is 0.536. The lowest BCUT2D eigenvalue weighted by molar-refractivity contribution is -0.0355. The first-order chi connectivity index (χ1) is 24.2. The Hall–Kier alpha value is -4.55. The minimum absolute atomic E-state index is 0.00757. The highest BCUT2D eigenvalue weighted by Crippen LogP contribution is 2.33. The summed E-state index contributed by atoms with van der Waals surface area (Å²) < 4.78 is 56.9. The van der Waals surface area contributed by atoms with Crippen LogP contribution in [0.1, 0.15) is 52.0 Å². The van der Waals surface area contributed by atoms with Gasteiger partial charge in [0.1, 0.15) is 29.7 Å². The van der Waals surface area contributed by atoms with E-state index in [2.05, 4.69) is 20.3 Å². The van der Waals surface area contributed by atoms with E-state index in [1.807, 2.05) is 11.9 Å². The van der Waals surface area contributed by atoms with Crippen LogP contribution in [0.5, 0.6) is 0 Å². The van der Waals surface area contributed by atoms with Crippen LogP contribution in [0.15, 0.2) is 33.0 Å². The number of ether oxygens (including phenoxy) is 3. The minimum atomic E-state index is -1.41. The number of carbonyl (C=O) groups is 1. The number of nitrogens with one attached hydrogen (secondary N) is 2. The zero-order valence-corrected chi connectivity index (χ0v) is 28.1. The maximum Gasteiger partial charge on any atom is 0.412 e. The first kappa shape index (κ1) is 40.9. The lowest BCUT2D eigenvalue weighted by atomic mass is 10.1. The summed E-state index contributed by atoms with van der Waals surface area (Å²) in [6.07, 6.45) is -0.572. The Bertz CT molecular complexity index is 1800. The first-order valence-electron chi connectivity index (χ1n) is 15.3. The van der Waals surface area contributed by atoms with Gasteiger partial charge in [0.15, 0.2) is 35.3 Å². The number of rotatable bonds is 9. The molecule has 0 saturated carbocycles. The van der Waals surface area contributed by atoms with E-state index in [0.29, 0.717) is 18.6 Å². The number of aliphatic hydroxyl groups excluding tert-OH is 3. The molecule has 2 aliphatic rings. The van der Waals surface area contributed by atoms with Crippen molar-refractivity contribution in [3.8, 4) is 0 Å². The molecule has 282 valence electrons. The highest BCUT2D eigenvalue weighted by atomic mass is 32.2. The van der Waals surface area contributed by atoms with Gasteiger partial charge in [-0.25, -0.2) is 32.3 Å². The molecule has 19 nitrogen and oxygen atoms in total. The molecule has 3 aromatic heterocycles. The monoisotopic (exact) mass is 749 g/mol. The number of nitrogens with two attached hydrogens (primary N) is 2. The Kier molecular flexibility index (Phi) is 15.4. The molecular formula is C28H38F3N9O10S. The number of hydrogen-bond donors (Lipinski definition) is 7. The Morgan fingerprint density at radius 2 is 1.75 bits per heavy atom. The van der Waals surface area contributed by atoms with E-state index < -0.39 is 83.0 Å². The number of anilines is 3. The van der Waals surface area contributed by atoms with Crippen molar-refractivity contribution in [1.82, 2.24) is 29.1 Å². The third-order valence-electron chi connectivity index (χ3n) is 7.00. The molecule has 0 bridgehead atoms. The van der Waals surface area contributed by atoms with E-state index in [9.17, 15) is 42.6 Å². The highest BCUT2D eigenvalue weighted by molar-refractivity contribution is 7.99. The molecule has 5 heterocycles. The minimum Gasteiger partial charge on any atom is -0.449 e. The standard InChI is InChI=1S/C15H22FN3O6.C9H12FN3O3S.C4H4FN3O/c1-3-4-5-6-24-15(23)18-12-9(16)7-19(14(22)17-12)13-11(21)10(20)8(2)25-13;10-5-3-13(9(15)12-8(5)11)6-4-17-7(16-6)1-2-14;5-2-1-7-4(9)8-3(2)6/h7-8,10-11,13,20-21H,3-6H2,1-2H3,(H,17,18,22,23);3,6-7,14H,1-2,4H2,(H2,11,12,15);1H,(H3,6,7,8,9)/t8-,10-,11-,13?;6-,7+;/m10./s1. The van der Waals surface area contributed by atoms with Crippen molar-refractivity contribution in [2.24, 2.45) is 0 Å². The van der Waals surface area contributed by atoms with Gasteiger partial charge in [-0.1, -0.05) is 19.8 Å². The second-order valence-corrected chi connectivity index (χ2v) is 12.0. The molecule has 6 atom stereocenters. The van der Waals surface area contributed by atoms with Crippen molar-refractivity contribution in [2.45, 2.75) is 75.7 Å². The summed E-state index contributed by atoms with van der Waals surface area (Å²) in [6, 6.07) is 0. The molecule has 0 aliphatic carbocycles. The quantitative estimate of drug-likeness (QED) is 0.144. The van der Waals surface area contributed by atoms with E-state index in [1.54, 1.807) is 0 Å². The summed E-state index contributed by atoms with van der Waals surface area (Å²) in [5, 5.41) is 30.4. The number of carbonyl (C=O) groups excluding carboxylic acids is 1. The summed E-state index contributed by atoms with van der Waals surface area (Å²) in [4.78, 5) is 57.2. The number of hydrogen-bond acceptors (Lipinski definition) is 16. The average molecular weight is 750 g/mol. The molecule has 1 amide bonds. The normalized spacial score (nSPS) is 22.4. The number of nitrogen functional groups attached to an aromatic ring is 2. The molecule has 51 heavy (non-hydrogen) atoms. The maximum atomic E-state index is 14.1. The summed E-state index contributed by atoms with van der Waals surface area (Å²) in [6.45, 7) is 3.69. The average Bonchev–Trinajstić information content (AvgIpc) is 3.65. The number of amides is 1. The van der Waals surface area contributed by atoms with Gasteiger partial charge in [-0.3, -0.25) is 19.4 Å². The summed E-state index contributed by atoms with van der Waals surface area (Å²) >= 11 is 1.47. The SMILES string of the molecule is CCCCCOC(=O)Nc1nc(=O)n(C2O[C@H](C)[C@@H](O)[C@H]2O)cc1F.Nc1[nH]c(=O)ncc1F.Nc1nc(=O)n([C@@H]2CS[C@H](CCO)O2)cc1F. The van der Waals surface area contributed by atoms with E-state index in [1.165, 1.54) is 18.7 Å². The topological polar surface area (TPSA) is 285 Å². The lowest BCUT2D eigenvalue weighted by Gasteiger charge is -2.17. The van der Waals surface area contributed by atoms with Gasteiger partial charge in [-0.15, -0.1) is 11.8 Å². The van der Waals surface area contributed by atoms with Crippen molar-refractivity contribution >= 4 is 35.3 Å². The molecule has 9 N–H and O–H groups in total.